The Hall–Kier alpha value is -3.60. The summed E-state index contributed by atoms with van der Waals surface area (Å²) in [6.07, 6.45) is 4.43. The molecule has 1 aromatic carbocycles. The van der Waals surface area contributed by atoms with Crippen molar-refractivity contribution in [2.45, 2.75) is 43.3 Å². The summed E-state index contributed by atoms with van der Waals surface area (Å²) in [5.74, 6) is 0.612. The lowest BCUT2D eigenvalue weighted by Crippen LogP contribution is -2.51. The van der Waals surface area contributed by atoms with E-state index in [0.29, 0.717) is 35.5 Å². The van der Waals surface area contributed by atoms with Gasteiger partial charge >= 0.3 is 6.03 Å². The number of thioether (sulfide) groups is 1. The standard InChI is InChI=1S/C23H24N6O4S/c1-15-9-11-23(12-10-15)20(31)29(21(32)24-23)27-18(30)14-34-22-26-25-19(17-8-5-13-33-17)28(22)16-6-3-2-4-7-16/h2-8,13,15H,9-12,14H2,1H3,(H,24,32)(H,27,30). The summed E-state index contributed by atoms with van der Waals surface area (Å²) < 4.78 is 7.29. The average molecular weight is 481 g/mol. The van der Waals surface area contributed by atoms with Crippen LogP contribution in [0.15, 0.2) is 58.3 Å². The van der Waals surface area contributed by atoms with Gasteiger partial charge in [-0.25, -0.2) is 4.79 Å². The lowest BCUT2D eigenvalue weighted by molar-refractivity contribution is -0.139. The molecular weight excluding hydrogens is 456 g/mol. The Morgan fingerprint density at radius 1 is 1.18 bits per heavy atom. The van der Waals surface area contributed by atoms with Crippen LogP contribution in [0.1, 0.15) is 32.6 Å². The van der Waals surface area contributed by atoms with Crippen LogP contribution in [0.2, 0.25) is 0 Å². The molecule has 10 nitrogen and oxygen atoms in total. The molecule has 0 radical (unpaired) electrons. The van der Waals surface area contributed by atoms with Gasteiger partial charge in [-0.3, -0.25) is 19.6 Å². The quantitative estimate of drug-likeness (QED) is 0.410. The number of rotatable bonds is 6. The smallest absolute Gasteiger partial charge is 0.344 e. The third-order valence-corrected chi connectivity index (χ3v) is 7.18. The van der Waals surface area contributed by atoms with Crippen molar-refractivity contribution in [3.63, 3.8) is 0 Å². The summed E-state index contributed by atoms with van der Waals surface area (Å²) >= 11 is 1.15. The number of hydrogen-bond acceptors (Lipinski definition) is 7. The average Bonchev–Trinajstić information content (AvgIpc) is 3.56. The van der Waals surface area contributed by atoms with Crippen LogP contribution in [0.3, 0.4) is 0 Å². The summed E-state index contributed by atoms with van der Waals surface area (Å²) in [4.78, 5) is 38.1. The molecule has 0 bridgehead atoms. The van der Waals surface area contributed by atoms with Crippen molar-refractivity contribution in [1.29, 1.82) is 0 Å². The van der Waals surface area contributed by atoms with Gasteiger partial charge in [0.2, 0.25) is 11.7 Å². The van der Waals surface area contributed by atoms with Crippen molar-refractivity contribution in [3.05, 3.63) is 48.7 Å². The Morgan fingerprint density at radius 2 is 1.94 bits per heavy atom. The number of urea groups is 1. The van der Waals surface area contributed by atoms with Crippen molar-refractivity contribution in [2.75, 3.05) is 5.75 Å². The molecule has 2 N–H and O–H groups in total. The molecule has 4 amide bonds. The molecule has 0 atom stereocenters. The second-order valence-corrected chi connectivity index (χ2v) is 9.56. The van der Waals surface area contributed by atoms with Crippen molar-refractivity contribution >= 4 is 29.6 Å². The number of amides is 4. The molecule has 5 rings (SSSR count). The van der Waals surface area contributed by atoms with E-state index in [0.717, 1.165) is 35.3 Å². The normalized spacial score (nSPS) is 22.3. The molecule has 1 saturated heterocycles. The Bertz CT molecular complexity index is 1200. The summed E-state index contributed by atoms with van der Waals surface area (Å²) in [6, 6.07) is 12.4. The van der Waals surface area contributed by atoms with Gasteiger partial charge in [0.25, 0.3) is 5.91 Å². The maximum atomic E-state index is 13.0. The minimum atomic E-state index is -0.907. The van der Waals surface area contributed by atoms with Crippen molar-refractivity contribution < 1.29 is 18.8 Å². The molecule has 2 aliphatic rings. The first kappa shape index (κ1) is 22.2. The number of aromatic nitrogens is 3. The molecule has 34 heavy (non-hydrogen) atoms. The van der Waals surface area contributed by atoms with E-state index in [1.807, 2.05) is 30.3 Å². The van der Waals surface area contributed by atoms with Crippen LogP contribution >= 0.6 is 11.8 Å². The van der Waals surface area contributed by atoms with Crippen molar-refractivity contribution in [1.82, 2.24) is 30.5 Å². The summed E-state index contributed by atoms with van der Waals surface area (Å²) in [7, 11) is 0. The van der Waals surface area contributed by atoms with Gasteiger partial charge in [-0.2, -0.15) is 5.01 Å². The molecule has 0 unspecified atom stereocenters. The Kier molecular flexibility index (Phi) is 5.86. The SMILES string of the molecule is CC1CCC2(CC1)NC(=O)N(NC(=O)CSc1nnc(-c3ccco3)n1-c1ccccc1)C2=O. The Balaban J connectivity index is 1.29. The number of hydrazine groups is 1. The first-order chi connectivity index (χ1) is 16.5. The molecule has 2 aromatic heterocycles. The van der Waals surface area contributed by atoms with Gasteiger partial charge in [0.05, 0.1) is 12.0 Å². The van der Waals surface area contributed by atoms with E-state index >= 15 is 0 Å². The molecule has 2 fully saturated rings. The van der Waals surface area contributed by atoms with Crippen LogP contribution in [0.4, 0.5) is 4.79 Å². The molecule has 176 valence electrons. The molecule has 3 heterocycles. The number of imide groups is 1. The third kappa shape index (κ3) is 4.07. The monoisotopic (exact) mass is 480 g/mol. The van der Waals surface area contributed by atoms with E-state index < -0.39 is 23.4 Å². The van der Waals surface area contributed by atoms with Crippen molar-refractivity contribution in [3.8, 4) is 17.3 Å². The highest BCUT2D eigenvalue weighted by Gasteiger charge is 2.52. The van der Waals surface area contributed by atoms with Crippen LogP contribution in [0.5, 0.6) is 0 Å². The maximum absolute atomic E-state index is 13.0. The highest BCUT2D eigenvalue weighted by atomic mass is 32.2. The maximum Gasteiger partial charge on any atom is 0.344 e. The highest BCUT2D eigenvalue weighted by Crippen LogP contribution is 2.36. The fourth-order valence-corrected chi connectivity index (χ4v) is 5.09. The van der Waals surface area contributed by atoms with Crippen LogP contribution in [-0.2, 0) is 9.59 Å². The highest BCUT2D eigenvalue weighted by molar-refractivity contribution is 7.99. The number of nitrogens with zero attached hydrogens (tertiary/aromatic N) is 4. The lowest BCUT2D eigenvalue weighted by atomic mass is 9.77. The first-order valence-electron chi connectivity index (χ1n) is 11.1. The van der Waals surface area contributed by atoms with Crippen LogP contribution in [0.25, 0.3) is 17.3 Å². The number of carbonyl (C=O) groups excluding carboxylic acids is 3. The summed E-state index contributed by atoms with van der Waals surface area (Å²) in [5.41, 5.74) is 2.36. The topological polar surface area (TPSA) is 122 Å². The number of furan rings is 1. The van der Waals surface area contributed by atoms with Gasteiger partial charge in [-0.1, -0.05) is 36.9 Å². The van der Waals surface area contributed by atoms with E-state index in [9.17, 15) is 14.4 Å². The number of para-hydroxylation sites is 1. The van der Waals surface area contributed by atoms with Crippen LogP contribution < -0.4 is 10.7 Å². The minimum absolute atomic E-state index is 0.0653. The van der Waals surface area contributed by atoms with E-state index in [4.69, 9.17) is 4.42 Å². The zero-order chi connectivity index (χ0) is 23.7. The van der Waals surface area contributed by atoms with E-state index in [-0.39, 0.29) is 5.75 Å². The van der Waals surface area contributed by atoms with Gasteiger partial charge in [-0.05, 0) is 55.9 Å². The van der Waals surface area contributed by atoms with Crippen LogP contribution in [-0.4, -0.2) is 48.9 Å². The van der Waals surface area contributed by atoms with Gasteiger partial charge in [0, 0.05) is 5.69 Å². The van der Waals surface area contributed by atoms with Gasteiger partial charge in [0.1, 0.15) is 5.54 Å². The second kappa shape index (κ2) is 8.98. The number of benzene rings is 1. The van der Waals surface area contributed by atoms with Gasteiger partial charge in [-0.15, -0.1) is 10.2 Å². The molecule has 11 heteroatoms. The first-order valence-corrected chi connectivity index (χ1v) is 12.1. The van der Waals surface area contributed by atoms with E-state index in [2.05, 4.69) is 27.9 Å². The predicted octanol–water partition coefficient (Wildman–Crippen LogP) is 3.15. The Morgan fingerprint density at radius 3 is 2.65 bits per heavy atom. The summed E-state index contributed by atoms with van der Waals surface area (Å²) in [5, 5.41) is 12.6. The third-order valence-electron chi connectivity index (χ3n) is 6.25. The second-order valence-electron chi connectivity index (χ2n) is 8.61. The largest absolute Gasteiger partial charge is 0.461 e. The number of carbonyl (C=O) groups is 3. The molecule has 1 aliphatic heterocycles. The predicted molar refractivity (Wildman–Crippen MR) is 124 cm³/mol. The lowest BCUT2D eigenvalue weighted by Gasteiger charge is -2.33. The van der Waals surface area contributed by atoms with Gasteiger partial charge < -0.3 is 9.73 Å². The molecule has 1 saturated carbocycles. The Labute approximate surface area is 200 Å². The fraction of sp³-hybridized carbons (Fsp3) is 0.348. The van der Waals surface area contributed by atoms with Crippen LogP contribution in [0, 0.1) is 5.92 Å². The van der Waals surface area contributed by atoms with Crippen molar-refractivity contribution in [2.24, 2.45) is 5.92 Å². The summed E-state index contributed by atoms with van der Waals surface area (Å²) in [6.45, 7) is 2.14. The molecule has 1 aliphatic carbocycles. The zero-order valence-corrected chi connectivity index (χ0v) is 19.4. The van der Waals surface area contributed by atoms with E-state index in [1.54, 1.807) is 23.0 Å². The molecular formula is C23H24N6O4S. The number of hydrogen-bond donors (Lipinski definition) is 2. The van der Waals surface area contributed by atoms with Gasteiger partial charge in [0.15, 0.2) is 10.9 Å². The number of nitrogens with one attached hydrogen (secondary N) is 2. The molecule has 1 spiro atoms. The molecule has 3 aromatic rings. The minimum Gasteiger partial charge on any atom is -0.461 e. The zero-order valence-electron chi connectivity index (χ0n) is 18.6. The fourth-order valence-electron chi connectivity index (χ4n) is 4.34. The van der Waals surface area contributed by atoms with E-state index in [1.165, 1.54) is 0 Å².